The molecule has 0 amide bonds. The lowest BCUT2D eigenvalue weighted by Crippen LogP contribution is -2.00. The van der Waals surface area contributed by atoms with Crippen LogP contribution in [-0.4, -0.2) is 11.2 Å². The number of rotatable bonds is 2. The van der Waals surface area contributed by atoms with Gasteiger partial charge in [0.25, 0.3) is 0 Å². The topological polar surface area (TPSA) is 64.1 Å². The summed E-state index contributed by atoms with van der Waals surface area (Å²) in [5.74, 6) is 0.815. The van der Waals surface area contributed by atoms with Crippen LogP contribution in [-0.2, 0) is 0 Å². The Labute approximate surface area is 81.1 Å². The number of nitrogen functional groups attached to an aromatic ring is 1. The minimum atomic E-state index is 0.574. The maximum absolute atomic E-state index is 5.75. The molecule has 1 fully saturated rings. The van der Waals surface area contributed by atoms with E-state index in [0.29, 0.717) is 17.3 Å². The number of hydrogen-bond acceptors (Lipinski definition) is 4. The zero-order valence-electron chi connectivity index (χ0n) is 7.66. The molecule has 0 saturated heterocycles. The Morgan fingerprint density at radius 1 is 1.43 bits per heavy atom. The number of fused-ring (bicyclic) bond motifs is 1. The van der Waals surface area contributed by atoms with Crippen LogP contribution in [0, 0.1) is 0 Å². The first-order chi connectivity index (χ1) is 6.84. The third kappa shape index (κ3) is 1.11. The van der Waals surface area contributed by atoms with E-state index in [0.717, 1.165) is 11.2 Å². The summed E-state index contributed by atoms with van der Waals surface area (Å²) < 4.78 is 5.17. The van der Waals surface area contributed by atoms with Gasteiger partial charge in [-0.05, 0) is 25.0 Å². The van der Waals surface area contributed by atoms with Crippen molar-refractivity contribution < 1.29 is 4.52 Å². The molecular formula is C10H11N3O. The van der Waals surface area contributed by atoms with Crippen molar-refractivity contribution in [2.24, 2.45) is 0 Å². The molecule has 1 aliphatic carbocycles. The van der Waals surface area contributed by atoms with Crippen molar-refractivity contribution >= 4 is 22.5 Å². The first kappa shape index (κ1) is 7.67. The first-order valence-electron chi connectivity index (χ1n) is 4.75. The number of anilines is 2. The predicted molar refractivity (Wildman–Crippen MR) is 55.1 cm³/mol. The third-order valence-electron chi connectivity index (χ3n) is 2.45. The van der Waals surface area contributed by atoms with E-state index in [2.05, 4.69) is 10.5 Å². The fourth-order valence-electron chi connectivity index (χ4n) is 1.51. The number of hydrogen-bond donors (Lipinski definition) is 2. The van der Waals surface area contributed by atoms with Crippen molar-refractivity contribution in [3.8, 4) is 0 Å². The normalized spacial score (nSPS) is 16.0. The highest BCUT2D eigenvalue weighted by Gasteiger charge is 2.23. The fraction of sp³-hybridized carbons (Fsp3) is 0.300. The maximum atomic E-state index is 5.75. The number of para-hydroxylation sites is 1. The van der Waals surface area contributed by atoms with Gasteiger partial charge in [-0.2, -0.15) is 0 Å². The van der Waals surface area contributed by atoms with Gasteiger partial charge in [0.15, 0.2) is 11.4 Å². The lowest BCUT2D eigenvalue weighted by atomic mass is 10.2. The molecule has 1 saturated carbocycles. The van der Waals surface area contributed by atoms with Crippen LogP contribution in [0.25, 0.3) is 11.0 Å². The summed E-state index contributed by atoms with van der Waals surface area (Å²) in [6.45, 7) is 0. The van der Waals surface area contributed by atoms with Gasteiger partial charge in [0.2, 0.25) is 0 Å². The van der Waals surface area contributed by atoms with Crippen LogP contribution in [0.5, 0.6) is 0 Å². The molecular weight excluding hydrogens is 178 g/mol. The molecule has 4 heteroatoms. The molecule has 2 aromatic rings. The molecule has 14 heavy (non-hydrogen) atoms. The largest absolute Gasteiger partial charge is 0.396 e. The molecule has 3 rings (SSSR count). The quantitative estimate of drug-likeness (QED) is 0.709. The van der Waals surface area contributed by atoms with Crippen LogP contribution in [0.4, 0.5) is 11.5 Å². The third-order valence-corrected chi connectivity index (χ3v) is 2.45. The Kier molecular flexibility index (Phi) is 1.45. The van der Waals surface area contributed by atoms with Crippen LogP contribution < -0.4 is 11.1 Å². The Hall–Kier alpha value is -1.71. The Morgan fingerprint density at radius 2 is 2.29 bits per heavy atom. The van der Waals surface area contributed by atoms with E-state index < -0.39 is 0 Å². The minimum Gasteiger partial charge on any atom is -0.396 e. The molecule has 0 unspecified atom stereocenters. The molecule has 3 N–H and O–H groups in total. The predicted octanol–water partition coefficient (Wildman–Crippen LogP) is 1.98. The van der Waals surface area contributed by atoms with Crippen molar-refractivity contribution in [2.45, 2.75) is 18.9 Å². The zero-order chi connectivity index (χ0) is 9.54. The van der Waals surface area contributed by atoms with E-state index in [4.69, 9.17) is 10.3 Å². The maximum Gasteiger partial charge on any atom is 0.191 e. The lowest BCUT2D eigenvalue weighted by Gasteiger charge is -1.97. The zero-order valence-corrected chi connectivity index (χ0v) is 7.66. The summed E-state index contributed by atoms with van der Waals surface area (Å²) in [6, 6.07) is 6.26. The van der Waals surface area contributed by atoms with Gasteiger partial charge in [0, 0.05) is 6.04 Å². The van der Waals surface area contributed by atoms with Gasteiger partial charge >= 0.3 is 0 Å². The number of nitrogens with zero attached hydrogens (tertiary/aromatic N) is 1. The SMILES string of the molecule is Nc1cccc2c(NC3CC3)noc12. The Bertz CT molecular complexity index is 473. The minimum absolute atomic E-state index is 0.574. The van der Waals surface area contributed by atoms with Crippen molar-refractivity contribution in [1.82, 2.24) is 5.16 Å². The van der Waals surface area contributed by atoms with E-state index in [1.54, 1.807) is 0 Å². The fourth-order valence-corrected chi connectivity index (χ4v) is 1.51. The van der Waals surface area contributed by atoms with Gasteiger partial charge in [0.05, 0.1) is 11.1 Å². The van der Waals surface area contributed by atoms with E-state index in [1.165, 1.54) is 12.8 Å². The summed E-state index contributed by atoms with van der Waals surface area (Å²) in [5.41, 5.74) is 7.07. The molecule has 1 aromatic carbocycles. The Morgan fingerprint density at radius 3 is 3.07 bits per heavy atom. The summed E-state index contributed by atoms with van der Waals surface area (Å²) in [4.78, 5) is 0. The number of aromatic nitrogens is 1. The molecule has 0 spiro atoms. The van der Waals surface area contributed by atoms with Crippen LogP contribution in [0.1, 0.15) is 12.8 Å². The van der Waals surface area contributed by atoms with Gasteiger partial charge in [-0.1, -0.05) is 11.2 Å². The molecule has 0 radical (unpaired) electrons. The average molecular weight is 189 g/mol. The highest BCUT2D eigenvalue weighted by Crippen LogP contribution is 2.31. The second-order valence-corrected chi connectivity index (χ2v) is 3.67. The molecule has 4 nitrogen and oxygen atoms in total. The van der Waals surface area contributed by atoms with Crippen molar-refractivity contribution in [1.29, 1.82) is 0 Å². The van der Waals surface area contributed by atoms with E-state index in [-0.39, 0.29) is 0 Å². The average Bonchev–Trinajstić information content (AvgIpc) is 2.88. The summed E-state index contributed by atoms with van der Waals surface area (Å²) >= 11 is 0. The van der Waals surface area contributed by atoms with Gasteiger partial charge in [-0.15, -0.1) is 0 Å². The van der Waals surface area contributed by atoms with E-state index in [1.807, 2.05) is 18.2 Å². The summed E-state index contributed by atoms with van der Waals surface area (Å²) in [6.07, 6.45) is 2.44. The summed E-state index contributed by atoms with van der Waals surface area (Å²) in [7, 11) is 0. The molecule has 1 aliphatic rings. The second-order valence-electron chi connectivity index (χ2n) is 3.67. The first-order valence-corrected chi connectivity index (χ1v) is 4.75. The molecule has 0 atom stereocenters. The summed E-state index contributed by atoms with van der Waals surface area (Å²) in [5, 5.41) is 8.25. The second kappa shape index (κ2) is 2.64. The van der Waals surface area contributed by atoms with Gasteiger partial charge in [-0.25, -0.2) is 0 Å². The highest BCUT2D eigenvalue weighted by molar-refractivity contribution is 5.95. The van der Waals surface area contributed by atoms with Crippen LogP contribution in [0.15, 0.2) is 22.7 Å². The monoisotopic (exact) mass is 189 g/mol. The molecule has 1 aromatic heterocycles. The van der Waals surface area contributed by atoms with Gasteiger partial charge < -0.3 is 15.6 Å². The van der Waals surface area contributed by atoms with E-state index in [9.17, 15) is 0 Å². The van der Waals surface area contributed by atoms with Crippen LogP contribution in [0.3, 0.4) is 0 Å². The number of benzene rings is 1. The van der Waals surface area contributed by atoms with Crippen LogP contribution in [0.2, 0.25) is 0 Å². The van der Waals surface area contributed by atoms with Crippen molar-refractivity contribution in [2.75, 3.05) is 11.1 Å². The molecule has 72 valence electrons. The van der Waals surface area contributed by atoms with Gasteiger partial charge in [-0.3, -0.25) is 0 Å². The number of nitrogens with two attached hydrogens (primary N) is 1. The van der Waals surface area contributed by atoms with Crippen LogP contribution >= 0.6 is 0 Å². The lowest BCUT2D eigenvalue weighted by molar-refractivity contribution is 0.460. The number of nitrogens with one attached hydrogen (secondary N) is 1. The molecule has 0 aliphatic heterocycles. The standard InChI is InChI=1S/C10H11N3O/c11-8-3-1-2-7-9(8)14-13-10(7)12-6-4-5-6/h1-3,6H,4-5,11H2,(H,12,13). The molecule has 1 heterocycles. The van der Waals surface area contributed by atoms with Gasteiger partial charge in [0.1, 0.15) is 0 Å². The highest BCUT2D eigenvalue weighted by atomic mass is 16.5. The molecule has 0 bridgehead atoms. The van der Waals surface area contributed by atoms with Crippen molar-refractivity contribution in [3.05, 3.63) is 18.2 Å². The van der Waals surface area contributed by atoms with E-state index >= 15 is 0 Å². The Balaban J connectivity index is 2.10. The van der Waals surface area contributed by atoms with Crippen molar-refractivity contribution in [3.63, 3.8) is 0 Å². The smallest absolute Gasteiger partial charge is 0.191 e.